The molecule has 0 aromatic rings. The van der Waals surface area contributed by atoms with Crippen LogP contribution in [0, 0.1) is 0 Å². The Morgan fingerprint density at radius 2 is 2.27 bits per heavy atom. The van der Waals surface area contributed by atoms with E-state index >= 15 is 0 Å². The van der Waals surface area contributed by atoms with Crippen LogP contribution in [0.5, 0.6) is 0 Å². The Bertz CT molecular complexity index is 181. The fraction of sp³-hybridized carbons (Fsp3) is 0.875. The Kier molecular flexibility index (Phi) is 1.60. The van der Waals surface area contributed by atoms with E-state index in [1.54, 1.807) is 0 Å². The quantitative estimate of drug-likeness (QED) is 0.540. The van der Waals surface area contributed by atoms with Gasteiger partial charge in [0.15, 0.2) is 0 Å². The monoisotopic (exact) mass is 155 g/mol. The molecule has 3 nitrogen and oxygen atoms in total. The van der Waals surface area contributed by atoms with Crippen LogP contribution in [0.2, 0.25) is 0 Å². The fourth-order valence-electron chi connectivity index (χ4n) is 2.07. The van der Waals surface area contributed by atoms with Crippen molar-refractivity contribution in [2.24, 2.45) is 0 Å². The van der Waals surface area contributed by atoms with Crippen molar-refractivity contribution in [3.63, 3.8) is 0 Å². The van der Waals surface area contributed by atoms with E-state index in [9.17, 15) is 9.90 Å². The summed E-state index contributed by atoms with van der Waals surface area (Å²) in [6.45, 7) is 0.769. The largest absolute Gasteiger partial charge is 0.393 e. The van der Waals surface area contributed by atoms with E-state index in [1.165, 1.54) is 0 Å². The lowest BCUT2D eigenvalue weighted by Gasteiger charge is -2.32. The van der Waals surface area contributed by atoms with E-state index in [0.29, 0.717) is 12.5 Å². The Balaban J connectivity index is 2.06. The SMILES string of the molecule is O=C1CCC2CC(O)CCN12. The van der Waals surface area contributed by atoms with Crippen molar-refractivity contribution in [3.8, 4) is 0 Å². The van der Waals surface area contributed by atoms with Gasteiger partial charge in [0, 0.05) is 19.0 Å². The summed E-state index contributed by atoms with van der Waals surface area (Å²) in [5.74, 6) is 0.280. The average Bonchev–Trinajstić information content (AvgIpc) is 2.32. The zero-order valence-corrected chi connectivity index (χ0v) is 6.49. The first-order valence-electron chi connectivity index (χ1n) is 4.25. The number of amides is 1. The van der Waals surface area contributed by atoms with Crippen LogP contribution in [0.4, 0.5) is 0 Å². The number of piperidine rings is 1. The highest BCUT2D eigenvalue weighted by Gasteiger charge is 2.35. The Morgan fingerprint density at radius 1 is 1.45 bits per heavy atom. The van der Waals surface area contributed by atoms with Gasteiger partial charge in [0.1, 0.15) is 0 Å². The zero-order valence-electron chi connectivity index (χ0n) is 6.49. The summed E-state index contributed by atoms with van der Waals surface area (Å²) in [4.78, 5) is 13.1. The van der Waals surface area contributed by atoms with Gasteiger partial charge >= 0.3 is 0 Å². The molecule has 2 unspecified atom stereocenters. The van der Waals surface area contributed by atoms with Crippen LogP contribution in [0.25, 0.3) is 0 Å². The van der Waals surface area contributed by atoms with Gasteiger partial charge in [-0.25, -0.2) is 0 Å². The average molecular weight is 155 g/mol. The standard InChI is InChI=1S/C8H13NO2/c10-7-3-4-9-6(5-7)1-2-8(9)11/h6-7,10H,1-5H2. The molecule has 2 heterocycles. The molecule has 0 saturated carbocycles. The number of rotatable bonds is 0. The Morgan fingerprint density at radius 3 is 3.09 bits per heavy atom. The van der Waals surface area contributed by atoms with Crippen molar-refractivity contribution in [3.05, 3.63) is 0 Å². The predicted molar refractivity (Wildman–Crippen MR) is 40.0 cm³/mol. The van der Waals surface area contributed by atoms with Gasteiger partial charge in [0.25, 0.3) is 0 Å². The molecule has 0 spiro atoms. The molecular formula is C8H13NO2. The molecule has 0 aromatic heterocycles. The van der Waals surface area contributed by atoms with Crippen molar-refractivity contribution in [2.45, 2.75) is 37.8 Å². The number of aliphatic hydroxyl groups is 1. The van der Waals surface area contributed by atoms with Gasteiger partial charge in [0.05, 0.1) is 6.10 Å². The maximum atomic E-state index is 11.2. The molecule has 2 atom stereocenters. The third-order valence-electron chi connectivity index (χ3n) is 2.70. The molecule has 0 bridgehead atoms. The van der Waals surface area contributed by atoms with Gasteiger partial charge < -0.3 is 10.0 Å². The summed E-state index contributed by atoms with van der Waals surface area (Å²) in [6.07, 6.45) is 3.04. The number of hydrogen-bond donors (Lipinski definition) is 1. The number of aliphatic hydroxyl groups excluding tert-OH is 1. The molecule has 2 aliphatic heterocycles. The molecule has 1 N–H and O–H groups in total. The lowest BCUT2D eigenvalue weighted by molar-refractivity contribution is -0.130. The normalized spacial score (nSPS) is 37.5. The minimum Gasteiger partial charge on any atom is -0.393 e. The maximum absolute atomic E-state index is 11.2. The summed E-state index contributed by atoms with van der Waals surface area (Å²) in [6, 6.07) is 0.353. The number of nitrogens with zero attached hydrogens (tertiary/aromatic N) is 1. The number of fused-ring (bicyclic) bond motifs is 1. The summed E-state index contributed by atoms with van der Waals surface area (Å²) in [7, 11) is 0. The molecule has 11 heavy (non-hydrogen) atoms. The second-order valence-corrected chi connectivity index (χ2v) is 3.46. The predicted octanol–water partition coefficient (Wildman–Crippen LogP) is 0.132. The van der Waals surface area contributed by atoms with Gasteiger partial charge in [-0.2, -0.15) is 0 Å². The van der Waals surface area contributed by atoms with Gasteiger partial charge in [-0.1, -0.05) is 0 Å². The van der Waals surface area contributed by atoms with Crippen LogP contribution >= 0.6 is 0 Å². The Hall–Kier alpha value is -0.570. The van der Waals surface area contributed by atoms with Crippen molar-refractivity contribution in [1.82, 2.24) is 4.90 Å². The van der Waals surface area contributed by atoms with E-state index < -0.39 is 0 Å². The first-order chi connectivity index (χ1) is 5.27. The molecular weight excluding hydrogens is 142 g/mol. The second kappa shape index (κ2) is 2.48. The zero-order chi connectivity index (χ0) is 7.84. The van der Waals surface area contributed by atoms with Crippen LogP contribution in [0.3, 0.4) is 0 Å². The minimum absolute atomic E-state index is 0.165. The van der Waals surface area contributed by atoms with E-state index in [-0.39, 0.29) is 12.0 Å². The summed E-state index contributed by atoms with van der Waals surface area (Å²) < 4.78 is 0. The topological polar surface area (TPSA) is 40.5 Å². The van der Waals surface area contributed by atoms with Gasteiger partial charge in [-0.15, -0.1) is 0 Å². The van der Waals surface area contributed by atoms with Crippen LogP contribution in [0.15, 0.2) is 0 Å². The van der Waals surface area contributed by atoms with Crippen molar-refractivity contribution in [2.75, 3.05) is 6.54 Å². The highest BCUT2D eigenvalue weighted by molar-refractivity contribution is 5.78. The van der Waals surface area contributed by atoms with Gasteiger partial charge in [-0.05, 0) is 19.3 Å². The smallest absolute Gasteiger partial charge is 0.222 e. The molecule has 0 aromatic carbocycles. The van der Waals surface area contributed by atoms with Crippen LogP contribution in [-0.2, 0) is 4.79 Å². The summed E-state index contributed by atoms with van der Waals surface area (Å²) >= 11 is 0. The molecule has 2 saturated heterocycles. The van der Waals surface area contributed by atoms with E-state index in [1.807, 2.05) is 4.90 Å². The van der Waals surface area contributed by atoms with Crippen LogP contribution < -0.4 is 0 Å². The second-order valence-electron chi connectivity index (χ2n) is 3.46. The van der Waals surface area contributed by atoms with Gasteiger partial charge in [0.2, 0.25) is 5.91 Å². The third-order valence-corrected chi connectivity index (χ3v) is 2.70. The first-order valence-corrected chi connectivity index (χ1v) is 4.25. The van der Waals surface area contributed by atoms with Crippen molar-refractivity contribution >= 4 is 5.91 Å². The van der Waals surface area contributed by atoms with E-state index in [4.69, 9.17) is 0 Å². The summed E-state index contributed by atoms with van der Waals surface area (Å²) in [5.41, 5.74) is 0. The minimum atomic E-state index is -0.165. The lowest BCUT2D eigenvalue weighted by atomic mass is 10.0. The van der Waals surface area contributed by atoms with Crippen LogP contribution in [-0.4, -0.2) is 34.6 Å². The molecule has 2 aliphatic rings. The highest BCUT2D eigenvalue weighted by Crippen LogP contribution is 2.27. The molecule has 62 valence electrons. The maximum Gasteiger partial charge on any atom is 0.222 e. The fourth-order valence-corrected chi connectivity index (χ4v) is 2.07. The van der Waals surface area contributed by atoms with E-state index in [2.05, 4.69) is 0 Å². The van der Waals surface area contributed by atoms with Gasteiger partial charge in [-0.3, -0.25) is 4.79 Å². The molecule has 2 rings (SSSR count). The van der Waals surface area contributed by atoms with Crippen LogP contribution in [0.1, 0.15) is 25.7 Å². The number of hydrogen-bond acceptors (Lipinski definition) is 2. The molecule has 2 fully saturated rings. The Labute approximate surface area is 66.0 Å². The van der Waals surface area contributed by atoms with Crippen molar-refractivity contribution < 1.29 is 9.90 Å². The number of carbonyl (C=O) groups is 1. The summed E-state index contributed by atoms with van der Waals surface area (Å²) in [5, 5.41) is 9.30. The molecule has 3 heteroatoms. The van der Waals surface area contributed by atoms with Crippen molar-refractivity contribution in [1.29, 1.82) is 0 Å². The molecule has 0 radical (unpaired) electrons. The lowest BCUT2D eigenvalue weighted by Crippen LogP contribution is -2.42. The number of carbonyl (C=O) groups excluding carboxylic acids is 1. The van der Waals surface area contributed by atoms with E-state index in [0.717, 1.165) is 25.8 Å². The highest BCUT2D eigenvalue weighted by atomic mass is 16.3. The first kappa shape index (κ1) is 7.10. The molecule has 0 aliphatic carbocycles. The molecule has 1 amide bonds. The third kappa shape index (κ3) is 1.13.